The average Bonchev–Trinajstić information content (AvgIpc) is 2.72. The van der Waals surface area contributed by atoms with E-state index in [1.807, 2.05) is 37.2 Å². The molecule has 0 bridgehead atoms. The first-order valence-electron chi connectivity index (χ1n) is 6.63. The predicted molar refractivity (Wildman–Crippen MR) is 81.5 cm³/mol. The van der Waals surface area contributed by atoms with E-state index in [4.69, 9.17) is 14.9 Å². The van der Waals surface area contributed by atoms with Gasteiger partial charge in [0, 0.05) is 20.6 Å². The van der Waals surface area contributed by atoms with Crippen LogP contribution >= 0.6 is 0 Å². The van der Waals surface area contributed by atoms with Crippen LogP contribution in [-0.4, -0.2) is 44.6 Å². The second kappa shape index (κ2) is 5.87. The van der Waals surface area contributed by atoms with Gasteiger partial charge in [-0.25, -0.2) is 0 Å². The van der Waals surface area contributed by atoms with Crippen molar-refractivity contribution >= 4 is 23.7 Å². The zero-order valence-electron chi connectivity index (χ0n) is 12.6. The van der Waals surface area contributed by atoms with Crippen molar-refractivity contribution in [3.8, 4) is 5.75 Å². The topological polar surface area (TPSA) is 65.9 Å². The van der Waals surface area contributed by atoms with Gasteiger partial charge in [0.15, 0.2) is 5.76 Å². The Morgan fingerprint density at radius 3 is 2.67 bits per heavy atom. The first-order chi connectivity index (χ1) is 9.97. The van der Waals surface area contributed by atoms with E-state index in [9.17, 15) is 4.79 Å². The molecule has 1 aliphatic rings. The number of amides is 1. The number of rotatable bonds is 4. The summed E-state index contributed by atoms with van der Waals surface area (Å²) >= 11 is 0. The van der Waals surface area contributed by atoms with Gasteiger partial charge in [-0.05, 0) is 30.7 Å². The van der Waals surface area contributed by atoms with Crippen LogP contribution in [0.25, 0.3) is 6.08 Å². The number of anilines is 1. The highest BCUT2D eigenvalue weighted by atomic mass is 16.5. The van der Waals surface area contributed by atoms with Crippen molar-refractivity contribution in [3.63, 3.8) is 0 Å². The second-order valence-corrected chi connectivity index (χ2v) is 4.79. The largest absolute Gasteiger partial charge is 0.495 e. The van der Waals surface area contributed by atoms with E-state index in [1.165, 1.54) is 4.90 Å². The first kappa shape index (κ1) is 14.9. The van der Waals surface area contributed by atoms with Crippen molar-refractivity contribution in [3.05, 3.63) is 29.5 Å². The molecule has 1 aliphatic heterocycles. The number of methoxy groups -OCH3 is 1. The molecule has 0 aromatic heterocycles. The molecule has 2 rings (SSSR count). The molecule has 0 saturated carbocycles. The Kier molecular flexibility index (Phi) is 4.16. The Morgan fingerprint density at radius 1 is 1.43 bits per heavy atom. The zero-order valence-corrected chi connectivity index (χ0v) is 12.6. The van der Waals surface area contributed by atoms with Gasteiger partial charge in [0.1, 0.15) is 5.75 Å². The SMILES string of the molecule is CCN1C(=N)O/C(=C/c2ccc(N(C)C)c(OC)c2)C1=O. The van der Waals surface area contributed by atoms with Crippen LogP contribution in [0.2, 0.25) is 0 Å². The Morgan fingerprint density at radius 2 is 2.14 bits per heavy atom. The number of carbonyl (C=O) groups is 1. The summed E-state index contributed by atoms with van der Waals surface area (Å²) in [5.74, 6) is 0.571. The van der Waals surface area contributed by atoms with Crippen molar-refractivity contribution in [1.82, 2.24) is 4.90 Å². The molecule has 6 nitrogen and oxygen atoms in total. The number of carbonyl (C=O) groups excluding carboxylic acids is 1. The Bertz CT molecular complexity index is 608. The van der Waals surface area contributed by atoms with E-state index in [1.54, 1.807) is 20.1 Å². The average molecular weight is 289 g/mol. The van der Waals surface area contributed by atoms with Crippen LogP contribution in [0.5, 0.6) is 5.75 Å². The minimum atomic E-state index is -0.293. The number of nitrogens with zero attached hydrogens (tertiary/aromatic N) is 2. The van der Waals surface area contributed by atoms with Gasteiger partial charge < -0.3 is 14.4 Å². The third-order valence-electron chi connectivity index (χ3n) is 3.21. The second-order valence-electron chi connectivity index (χ2n) is 4.79. The van der Waals surface area contributed by atoms with E-state index in [-0.39, 0.29) is 17.7 Å². The van der Waals surface area contributed by atoms with Crippen LogP contribution < -0.4 is 9.64 Å². The standard InChI is InChI=1S/C15H19N3O3/c1-5-18-14(19)13(21-15(18)16)9-10-6-7-11(17(2)3)12(8-10)20-4/h6-9,16H,5H2,1-4H3/b13-9+,16-15?. The molecule has 1 heterocycles. The maximum Gasteiger partial charge on any atom is 0.297 e. The molecule has 1 N–H and O–H groups in total. The molecule has 112 valence electrons. The molecule has 0 unspecified atom stereocenters. The highest BCUT2D eigenvalue weighted by molar-refractivity contribution is 6.10. The van der Waals surface area contributed by atoms with Crippen LogP contribution in [0.3, 0.4) is 0 Å². The summed E-state index contributed by atoms with van der Waals surface area (Å²) in [5.41, 5.74) is 1.73. The van der Waals surface area contributed by atoms with Gasteiger partial charge >= 0.3 is 0 Å². The number of hydrogen-bond acceptors (Lipinski definition) is 5. The minimum Gasteiger partial charge on any atom is -0.495 e. The number of benzene rings is 1. The maximum atomic E-state index is 12.0. The van der Waals surface area contributed by atoms with Gasteiger partial charge in [0.05, 0.1) is 12.8 Å². The summed E-state index contributed by atoms with van der Waals surface area (Å²) in [6, 6.07) is 5.48. The van der Waals surface area contributed by atoms with Gasteiger partial charge in [-0.15, -0.1) is 0 Å². The molecule has 0 spiro atoms. The van der Waals surface area contributed by atoms with E-state index >= 15 is 0 Å². The van der Waals surface area contributed by atoms with E-state index in [0.29, 0.717) is 12.3 Å². The summed E-state index contributed by atoms with van der Waals surface area (Å²) in [6.45, 7) is 2.21. The molecule has 21 heavy (non-hydrogen) atoms. The maximum absolute atomic E-state index is 12.0. The first-order valence-corrected chi connectivity index (χ1v) is 6.63. The monoisotopic (exact) mass is 289 g/mol. The molecule has 0 atom stereocenters. The van der Waals surface area contributed by atoms with Gasteiger partial charge in [-0.1, -0.05) is 6.07 Å². The molecule has 6 heteroatoms. The Balaban J connectivity index is 2.34. The van der Waals surface area contributed by atoms with Crippen molar-refractivity contribution in [1.29, 1.82) is 5.41 Å². The number of ether oxygens (including phenoxy) is 2. The zero-order chi connectivity index (χ0) is 15.6. The molecular formula is C15H19N3O3. The van der Waals surface area contributed by atoms with Crippen molar-refractivity contribution < 1.29 is 14.3 Å². The molecule has 1 fully saturated rings. The molecular weight excluding hydrogens is 270 g/mol. The number of nitrogens with one attached hydrogen (secondary N) is 1. The third-order valence-corrected chi connectivity index (χ3v) is 3.21. The fourth-order valence-electron chi connectivity index (χ4n) is 2.11. The Hall–Kier alpha value is -2.50. The summed E-state index contributed by atoms with van der Waals surface area (Å²) < 4.78 is 10.6. The van der Waals surface area contributed by atoms with Gasteiger partial charge in [0.2, 0.25) is 0 Å². The quantitative estimate of drug-likeness (QED) is 0.860. The van der Waals surface area contributed by atoms with E-state index in [0.717, 1.165) is 11.3 Å². The molecule has 1 amide bonds. The van der Waals surface area contributed by atoms with Crippen LogP contribution in [0.1, 0.15) is 12.5 Å². The highest BCUT2D eigenvalue weighted by Gasteiger charge is 2.32. The molecule has 0 radical (unpaired) electrons. The smallest absolute Gasteiger partial charge is 0.297 e. The van der Waals surface area contributed by atoms with E-state index in [2.05, 4.69) is 0 Å². The minimum absolute atomic E-state index is 0.134. The molecule has 0 aliphatic carbocycles. The number of amidine groups is 1. The third kappa shape index (κ3) is 2.84. The summed E-state index contributed by atoms with van der Waals surface area (Å²) in [4.78, 5) is 15.3. The lowest BCUT2D eigenvalue weighted by Crippen LogP contribution is -2.28. The summed E-state index contributed by atoms with van der Waals surface area (Å²) in [6.07, 6.45) is 1.62. The number of hydrogen-bond donors (Lipinski definition) is 1. The van der Waals surface area contributed by atoms with Crippen molar-refractivity contribution in [2.24, 2.45) is 0 Å². The van der Waals surface area contributed by atoms with Crippen LogP contribution in [0.15, 0.2) is 24.0 Å². The van der Waals surface area contributed by atoms with Crippen molar-refractivity contribution in [2.75, 3.05) is 32.6 Å². The van der Waals surface area contributed by atoms with Gasteiger partial charge in [0.25, 0.3) is 11.9 Å². The van der Waals surface area contributed by atoms with Crippen molar-refractivity contribution in [2.45, 2.75) is 6.92 Å². The summed E-state index contributed by atoms with van der Waals surface area (Å²) in [5, 5.41) is 7.61. The van der Waals surface area contributed by atoms with Crippen LogP contribution in [0.4, 0.5) is 5.69 Å². The molecule has 1 aromatic rings. The lowest BCUT2D eigenvalue weighted by Gasteiger charge is -2.16. The predicted octanol–water partition coefficient (Wildman–Crippen LogP) is 1.92. The fourth-order valence-corrected chi connectivity index (χ4v) is 2.11. The van der Waals surface area contributed by atoms with Gasteiger partial charge in [-0.3, -0.25) is 15.1 Å². The molecule has 1 aromatic carbocycles. The van der Waals surface area contributed by atoms with E-state index < -0.39 is 0 Å². The van der Waals surface area contributed by atoms with Crippen LogP contribution in [-0.2, 0) is 9.53 Å². The lowest BCUT2D eigenvalue weighted by molar-refractivity contribution is -0.122. The number of likely N-dealkylation sites (N-methyl/N-ethyl adjacent to an activating group) is 1. The lowest BCUT2D eigenvalue weighted by atomic mass is 10.1. The van der Waals surface area contributed by atoms with Crippen LogP contribution in [0, 0.1) is 5.41 Å². The Labute approximate surface area is 124 Å². The normalized spacial score (nSPS) is 16.4. The van der Waals surface area contributed by atoms with Gasteiger partial charge in [-0.2, -0.15) is 0 Å². The molecule has 1 saturated heterocycles. The fraction of sp³-hybridized carbons (Fsp3) is 0.333. The summed E-state index contributed by atoms with van der Waals surface area (Å²) in [7, 11) is 5.46. The highest BCUT2D eigenvalue weighted by Crippen LogP contribution is 2.29.